The monoisotopic (exact) mass is 285 g/mol. The molecule has 1 aliphatic heterocycles. The first-order chi connectivity index (χ1) is 10.3. The summed E-state index contributed by atoms with van der Waals surface area (Å²) in [6.07, 6.45) is 7.60. The first-order valence-corrected chi connectivity index (χ1v) is 8.57. The molecule has 1 aromatic heterocycles. The zero-order valence-corrected chi connectivity index (χ0v) is 13.4. The second kappa shape index (κ2) is 6.50. The molecule has 3 rings (SSSR count). The van der Waals surface area contributed by atoms with Crippen molar-refractivity contribution in [3.63, 3.8) is 0 Å². The molecular formula is C18H27N3. The fourth-order valence-corrected chi connectivity index (χ4v) is 3.49. The maximum atomic E-state index is 4.96. The van der Waals surface area contributed by atoms with Gasteiger partial charge >= 0.3 is 0 Å². The van der Waals surface area contributed by atoms with E-state index in [0.717, 1.165) is 18.6 Å². The molecule has 114 valence electrons. The van der Waals surface area contributed by atoms with E-state index in [-0.39, 0.29) is 0 Å². The van der Waals surface area contributed by atoms with Crippen LogP contribution in [0.3, 0.4) is 0 Å². The molecule has 1 aliphatic rings. The van der Waals surface area contributed by atoms with Gasteiger partial charge in [-0.25, -0.2) is 4.98 Å². The number of benzene rings is 1. The summed E-state index contributed by atoms with van der Waals surface area (Å²) in [4.78, 5) is 7.44. The van der Waals surface area contributed by atoms with E-state index >= 15 is 0 Å². The van der Waals surface area contributed by atoms with Crippen LogP contribution >= 0.6 is 0 Å². The van der Waals surface area contributed by atoms with Crippen molar-refractivity contribution in [3.8, 4) is 0 Å². The number of para-hydroxylation sites is 2. The Morgan fingerprint density at radius 3 is 2.62 bits per heavy atom. The van der Waals surface area contributed by atoms with Crippen molar-refractivity contribution in [2.24, 2.45) is 0 Å². The van der Waals surface area contributed by atoms with Gasteiger partial charge in [0.1, 0.15) is 0 Å². The van der Waals surface area contributed by atoms with Gasteiger partial charge in [-0.2, -0.15) is 0 Å². The van der Waals surface area contributed by atoms with Crippen LogP contribution in [0.1, 0.15) is 58.4 Å². The van der Waals surface area contributed by atoms with Crippen molar-refractivity contribution >= 4 is 17.0 Å². The molecule has 1 unspecified atom stereocenters. The highest BCUT2D eigenvalue weighted by molar-refractivity contribution is 5.79. The highest BCUT2D eigenvalue weighted by Crippen LogP contribution is 2.32. The van der Waals surface area contributed by atoms with Crippen molar-refractivity contribution < 1.29 is 0 Å². The van der Waals surface area contributed by atoms with E-state index in [0.29, 0.717) is 6.04 Å². The summed E-state index contributed by atoms with van der Waals surface area (Å²) >= 11 is 0. The van der Waals surface area contributed by atoms with Gasteiger partial charge in [-0.15, -0.1) is 0 Å². The molecule has 21 heavy (non-hydrogen) atoms. The van der Waals surface area contributed by atoms with Gasteiger partial charge in [0.05, 0.1) is 11.0 Å². The number of hydrogen-bond donors (Lipinski definition) is 0. The minimum Gasteiger partial charge on any atom is -0.342 e. The molecule has 0 saturated carbocycles. The lowest BCUT2D eigenvalue weighted by atomic mass is 10.1. The standard InChI is InChI=1S/C18H27N3/c1-3-5-10-15(4-2)21-17-12-7-6-11-16(17)19-18(21)20-13-8-9-14-20/h6-7,11-12,15H,3-5,8-10,13-14H2,1-2H3. The van der Waals surface area contributed by atoms with Crippen LogP contribution in [0.15, 0.2) is 24.3 Å². The van der Waals surface area contributed by atoms with Crippen molar-refractivity contribution in [1.82, 2.24) is 9.55 Å². The van der Waals surface area contributed by atoms with Crippen LogP contribution in [0.2, 0.25) is 0 Å². The molecule has 1 saturated heterocycles. The molecule has 3 nitrogen and oxygen atoms in total. The van der Waals surface area contributed by atoms with Crippen LogP contribution in [0.5, 0.6) is 0 Å². The number of fused-ring (bicyclic) bond motifs is 1. The first-order valence-electron chi connectivity index (χ1n) is 8.57. The van der Waals surface area contributed by atoms with Crippen molar-refractivity contribution in [3.05, 3.63) is 24.3 Å². The predicted octanol–water partition coefficient (Wildman–Crippen LogP) is 4.78. The molecule has 1 aromatic carbocycles. The summed E-state index contributed by atoms with van der Waals surface area (Å²) in [6, 6.07) is 9.20. The van der Waals surface area contributed by atoms with Gasteiger partial charge in [0, 0.05) is 19.1 Å². The third-order valence-electron chi connectivity index (χ3n) is 4.69. The summed E-state index contributed by atoms with van der Waals surface area (Å²) in [6.45, 7) is 6.91. The van der Waals surface area contributed by atoms with E-state index in [1.807, 2.05) is 0 Å². The van der Waals surface area contributed by atoms with Crippen molar-refractivity contribution in [2.45, 2.75) is 58.4 Å². The third kappa shape index (κ3) is 2.78. The Kier molecular flexibility index (Phi) is 4.47. The second-order valence-corrected chi connectivity index (χ2v) is 6.17. The molecule has 0 amide bonds. The average molecular weight is 285 g/mol. The molecule has 0 N–H and O–H groups in total. The number of unbranched alkanes of at least 4 members (excludes halogenated alkanes) is 1. The topological polar surface area (TPSA) is 21.1 Å². The fraction of sp³-hybridized carbons (Fsp3) is 0.611. The Hall–Kier alpha value is -1.51. The van der Waals surface area contributed by atoms with Gasteiger partial charge in [-0.3, -0.25) is 0 Å². The molecular weight excluding hydrogens is 258 g/mol. The van der Waals surface area contributed by atoms with Crippen LogP contribution in [0.25, 0.3) is 11.0 Å². The molecule has 3 heteroatoms. The van der Waals surface area contributed by atoms with E-state index < -0.39 is 0 Å². The largest absolute Gasteiger partial charge is 0.342 e. The highest BCUT2D eigenvalue weighted by atomic mass is 15.3. The second-order valence-electron chi connectivity index (χ2n) is 6.17. The lowest BCUT2D eigenvalue weighted by molar-refractivity contribution is 0.445. The summed E-state index contributed by atoms with van der Waals surface area (Å²) in [5.41, 5.74) is 2.46. The summed E-state index contributed by atoms with van der Waals surface area (Å²) in [7, 11) is 0. The third-order valence-corrected chi connectivity index (χ3v) is 4.69. The maximum absolute atomic E-state index is 4.96. The quantitative estimate of drug-likeness (QED) is 0.761. The van der Waals surface area contributed by atoms with Crippen LogP contribution < -0.4 is 4.90 Å². The molecule has 0 radical (unpaired) electrons. The Balaban J connectivity index is 2.05. The maximum Gasteiger partial charge on any atom is 0.206 e. The van der Waals surface area contributed by atoms with Crippen LogP contribution in [-0.4, -0.2) is 22.6 Å². The van der Waals surface area contributed by atoms with Crippen LogP contribution in [0, 0.1) is 0 Å². The van der Waals surface area contributed by atoms with E-state index in [4.69, 9.17) is 4.98 Å². The lowest BCUT2D eigenvalue weighted by Gasteiger charge is -2.25. The Labute approximate surface area is 128 Å². The minimum atomic E-state index is 0.577. The van der Waals surface area contributed by atoms with Crippen molar-refractivity contribution in [1.29, 1.82) is 0 Å². The van der Waals surface area contributed by atoms with Gasteiger partial charge in [-0.05, 0) is 37.8 Å². The molecule has 1 fully saturated rings. The lowest BCUT2D eigenvalue weighted by Crippen LogP contribution is -2.24. The molecule has 1 atom stereocenters. The number of hydrogen-bond acceptors (Lipinski definition) is 2. The molecule has 2 heterocycles. The van der Waals surface area contributed by atoms with Crippen molar-refractivity contribution in [2.75, 3.05) is 18.0 Å². The molecule has 0 aliphatic carbocycles. The predicted molar refractivity (Wildman–Crippen MR) is 90.0 cm³/mol. The SMILES string of the molecule is CCCCC(CC)n1c(N2CCCC2)nc2ccccc21. The summed E-state index contributed by atoms with van der Waals surface area (Å²) in [5, 5.41) is 0. The Bertz CT molecular complexity index is 581. The zero-order chi connectivity index (χ0) is 14.7. The smallest absolute Gasteiger partial charge is 0.206 e. The Morgan fingerprint density at radius 1 is 1.14 bits per heavy atom. The van der Waals surface area contributed by atoms with Gasteiger partial charge in [0.15, 0.2) is 0 Å². The van der Waals surface area contributed by atoms with Gasteiger partial charge < -0.3 is 9.47 Å². The molecule has 0 bridgehead atoms. The van der Waals surface area contributed by atoms with E-state index in [1.54, 1.807) is 0 Å². The van der Waals surface area contributed by atoms with E-state index in [9.17, 15) is 0 Å². The van der Waals surface area contributed by atoms with E-state index in [2.05, 4.69) is 47.6 Å². The molecule has 0 spiro atoms. The normalized spacial score (nSPS) is 16.8. The van der Waals surface area contributed by atoms with E-state index in [1.165, 1.54) is 50.0 Å². The van der Waals surface area contributed by atoms with Crippen LogP contribution in [0.4, 0.5) is 5.95 Å². The van der Waals surface area contributed by atoms with Gasteiger partial charge in [-0.1, -0.05) is 38.8 Å². The fourth-order valence-electron chi connectivity index (χ4n) is 3.49. The number of aromatic nitrogens is 2. The number of imidazole rings is 1. The average Bonchev–Trinajstić information content (AvgIpc) is 3.15. The summed E-state index contributed by atoms with van der Waals surface area (Å²) in [5.74, 6) is 1.21. The zero-order valence-electron chi connectivity index (χ0n) is 13.4. The number of nitrogens with zero attached hydrogens (tertiary/aromatic N) is 3. The van der Waals surface area contributed by atoms with Crippen LogP contribution in [-0.2, 0) is 0 Å². The van der Waals surface area contributed by atoms with Gasteiger partial charge in [0.25, 0.3) is 0 Å². The highest BCUT2D eigenvalue weighted by Gasteiger charge is 2.23. The Morgan fingerprint density at radius 2 is 1.90 bits per heavy atom. The number of rotatable bonds is 6. The number of anilines is 1. The first kappa shape index (κ1) is 14.4. The minimum absolute atomic E-state index is 0.577. The molecule has 2 aromatic rings. The summed E-state index contributed by atoms with van der Waals surface area (Å²) < 4.78 is 2.52. The van der Waals surface area contributed by atoms with Gasteiger partial charge in [0.2, 0.25) is 5.95 Å².